The Labute approximate surface area is 147 Å². The van der Waals surface area contributed by atoms with Crippen LogP contribution in [-0.2, 0) is 13.0 Å². The predicted molar refractivity (Wildman–Crippen MR) is 92.7 cm³/mol. The number of hydrogen-bond donors (Lipinski definition) is 2. The van der Waals surface area contributed by atoms with Gasteiger partial charge in [-0.1, -0.05) is 12.1 Å². The normalized spacial score (nSPS) is 10.8. The number of carbonyl (C=O) groups is 2. The molecule has 0 radical (unpaired) electrons. The molecule has 0 atom stereocenters. The molecular formula is C18H14N2O6. The van der Waals surface area contributed by atoms with E-state index in [1.165, 1.54) is 36.4 Å². The Hall–Kier alpha value is -3.68. The van der Waals surface area contributed by atoms with Gasteiger partial charge in [-0.25, -0.2) is 9.59 Å². The maximum atomic E-state index is 11.5. The summed E-state index contributed by atoms with van der Waals surface area (Å²) in [5, 5.41) is 29.7. The predicted octanol–water partition coefficient (Wildman–Crippen LogP) is 3.19. The van der Waals surface area contributed by atoms with E-state index in [1.807, 2.05) is 0 Å². The van der Waals surface area contributed by atoms with E-state index < -0.39 is 16.9 Å². The van der Waals surface area contributed by atoms with Crippen LogP contribution in [0.4, 0.5) is 5.69 Å². The Balaban J connectivity index is 1.92. The van der Waals surface area contributed by atoms with E-state index in [0.717, 1.165) is 5.56 Å². The van der Waals surface area contributed by atoms with Gasteiger partial charge in [-0.3, -0.25) is 10.1 Å². The Morgan fingerprint density at radius 3 is 2.27 bits per heavy atom. The minimum absolute atomic E-state index is 0.0441. The molecule has 2 aromatic carbocycles. The van der Waals surface area contributed by atoms with Gasteiger partial charge in [-0.2, -0.15) is 0 Å². The number of carboxylic acids is 2. The minimum Gasteiger partial charge on any atom is -0.478 e. The molecule has 0 spiro atoms. The van der Waals surface area contributed by atoms with Gasteiger partial charge < -0.3 is 14.8 Å². The van der Waals surface area contributed by atoms with Crippen LogP contribution in [-0.4, -0.2) is 31.6 Å². The zero-order valence-corrected chi connectivity index (χ0v) is 13.5. The molecule has 26 heavy (non-hydrogen) atoms. The highest BCUT2D eigenvalue weighted by Gasteiger charge is 2.17. The summed E-state index contributed by atoms with van der Waals surface area (Å²) in [5.41, 5.74) is 1.57. The fourth-order valence-corrected chi connectivity index (χ4v) is 2.84. The van der Waals surface area contributed by atoms with Gasteiger partial charge in [-0.05, 0) is 36.2 Å². The summed E-state index contributed by atoms with van der Waals surface area (Å²) >= 11 is 0. The second-order valence-corrected chi connectivity index (χ2v) is 5.74. The molecule has 3 rings (SSSR count). The zero-order valence-electron chi connectivity index (χ0n) is 13.5. The van der Waals surface area contributed by atoms with E-state index in [-0.39, 0.29) is 16.9 Å². The Morgan fingerprint density at radius 1 is 1.00 bits per heavy atom. The summed E-state index contributed by atoms with van der Waals surface area (Å²) in [6.07, 6.45) is 0.487. The molecule has 0 bridgehead atoms. The van der Waals surface area contributed by atoms with Crippen LogP contribution in [0.2, 0.25) is 0 Å². The maximum Gasteiger partial charge on any atom is 0.352 e. The first-order chi connectivity index (χ1) is 12.4. The van der Waals surface area contributed by atoms with Crippen molar-refractivity contribution < 1.29 is 24.7 Å². The van der Waals surface area contributed by atoms with Gasteiger partial charge in [0.1, 0.15) is 5.69 Å². The summed E-state index contributed by atoms with van der Waals surface area (Å²) in [6.45, 7) is 0.343. The maximum absolute atomic E-state index is 11.5. The molecule has 0 aliphatic heterocycles. The lowest BCUT2D eigenvalue weighted by Crippen LogP contribution is -2.10. The van der Waals surface area contributed by atoms with Crippen LogP contribution in [0, 0.1) is 10.1 Å². The molecule has 1 heterocycles. The van der Waals surface area contributed by atoms with Gasteiger partial charge in [0.25, 0.3) is 5.69 Å². The topological polar surface area (TPSA) is 123 Å². The third-order valence-electron chi connectivity index (χ3n) is 4.14. The van der Waals surface area contributed by atoms with Gasteiger partial charge in [0.2, 0.25) is 0 Å². The van der Waals surface area contributed by atoms with Gasteiger partial charge in [0, 0.05) is 29.6 Å². The largest absolute Gasteiger partial charge is 0.478 e. The van der Waals surface area contributed by atoms with Crippen LogP contribution in [0.3, 0.4) is 0 Å². The van der Waals surface area contributed by atoms with Crippen LogP contribution in [0.25, 0.3) is 10.9 Å². The molecule has 1 aromatic heterocycles. The SMILES string of the molecule is O=C(O)c1ccc(CCn2c(C(=O)O)cc3cc([N+](=O)[O-])ccc32)cc1. The summed E-state index contributed by atoms with van der Waals surface area (Å²) in [4.78, 5) is 32.8. The van der Waals surface area contributed by atoms with E-state index >= 15 is 0 Å². The molecule has 0 saturated carbocycles. The molecule has 0 aliphatic carbocycles. The number of benzene rings is 2. The molecule has 132 valence electrons. The summed E-state index contributed by atoms with van der Waals surface area (Å²) in [7, 11) is 0. The van der Waals surface area contributed by atoms with Crippen LogP contribution >= 0.6 is 0 Å². The molecule has 2 N–H and O–H groups in total. The van der Waals surface area contributed by atoms with Crippen LogP contribution in [0.5, 0.6) is 0 Å². The lowest BCUT2D eigenvalue weighted by atomic mass is 10.1. The third kappa shape index (κ3) is 3.25. The third-order valence-corrected chi connectivity index (χ3v) is 4.14. The van der Waals surface area contributed by atoms with Crippen molar-refractivity contribution in [2.45, 2.75) is 13.0 Å². The van der Waals surface area contributed by atoms with E-state index in [1.54, 1.807) is 16.7 Å². The van der Waals surface area contributed by atoms with Crippen LogP contribution in [0.1, 0.15) is 26.4 Å². The highest BCUT2D eigenvalue weighted by molar-refractivity contribution is 5.95. The molecule has 8 heteroatoms. The number of aromatic nitrogens is 1. The molecule has 0 saturated heterocycles. The quantitative estimate of drug-likeness (QED) is 0.518. The summed E-state index contributed by atoms with van der Waals surface area (Å²) in [6, 6.07) is 12.0. The minimum atomic E-state index is -1.12. The first-order valence-electron chi connectivity index (χ1n) is 7.70. The number of nitro groups is 1. The van der Waals surface area contributed by atoms with Crippen molar-refractivity contribution in [3.8, 4) is 0 Å². The van der Waals surface area contributed by atoms with E-state index in [9.17, 15) is 24.8 Å². The van der Waals surface area contributed by atoms with Crippen LogP contribution < -0.4 is 0 Å². The average molecular weight is 354 g/mol. The standard InChI is InChI=1S/C18H14N2O6/c21-17(22)12-3-1-11(2-4-12)7-8-19-15-6-5-14(20(25)26)9-13(15)10-16(19)18(23)24/h1-6,9-10H,7-8H2,(H,21,22)(H,23,24). The van der Waals surface area contributed by atoms with E-state index in [2.05, 4.69) is 0 Å². The van der Waals surface area contributed by atoms with Gasteiger partial charge >= 0.3 is 11.9 Å². The number of hydrogen-bond acceptors (Lipinski definition) is 4. The van der Waals surface area contributed by atoms with Crippen molar-refractivity contribution in [2.24, 2.45) is 0 Å². The number of nitro benzene ring substituents is 1. The smallest absolute Gasteiger partial charge is 0.352 e. The van der Waals surface area contributed by atoms with Crippen molar-refractivity contribution in [1.29, 1.82) is 0 Å². The zero-order chi connectivity index (χ0) is 18.8. The molecule has 0 unspecified atom stereocenters. The van der Waals surface area contributed by atoms with E-state index in [0.29, 0.717) is 23.9 Å². The highest BCUT2D eigenvalue weighted by atomic mass is 16.6. The van der Waals surface area contributed by atoms with Crippen molar-refractivity contribution in [2.75, 3.05) is 0 Å². The molecule has 0 fully saturated rings. The number of aryl methyl sites for hydroxylation is 2. The molecule has 0 aliphatic rings. The summed E-state index contributed by atoms with van der Waals surface area (Å²) < 4.78 is 1.59. The van der Waals surface area contributed by atoms with Gasteiger partial charge in [0.15, 0.2) is 0 Å². The molecule has 0 amide bonds. The second-order valence-electron chi connectivity index (χ2n) is 5.74. The van der Waals surface area contributed by atoms with Crippen molar-refractivity contribution in [3.63, 3.8) is 0 Å². The highest BCUT2D eigenvalue weighted by Crippen LogP contribution is 2.25. The van der Waals surface area contributed by atoms with Crippen molar-refractivity contribution in [3.05, 3.63) is 75.5 Å². The van der Waals surface area contributed by atoms with E-state index in [4.69, 9.17) is 5.11 Å². The fraction of sp³-hybridized carbons (Fsp3) is 0.111. The monoisotopic (exact) mass is 354 g/mol. The summed E-state index contributed by atoms with van der Waals surface area (Å²) in [5.74, 6) is -2.13. The number of carboxylic acid groups (broad SMARTS) is 2. The molecular weight excluding hydrogens is 340 g/mol. The number of aromatic carboxylic acids is 2. The van der Waals surface area contributed by atoms with Crippen molar-refractivity contribution in [1.82, 2.24) is 4.57 Å². The molecule has 8 nitrogen and oxygen atoms in total. The number of nitrogens with zero attached hydrogens (tertiary/aromatic N) is 2. The lowest BCUT2D eigenvalue weighted by molar-refractivity contribution is -0.384. The Morgan fingerprint density at radius 2 is 1.69 bits per heavy atom. The number of fused-ring (bicyclic) bond motifs is 1. The lowest BCUT2D eigenvalue weighted by Gasteiger charge is -2.09. The average Bonchev–Trinajstić information content (AvgIpc) is 2.98. The Kier molecular flexibility index (Phi) is 4.40. The van der Waals surface area contributed by atoms with Gasteiger partial charge in [-0.15, -0.1) is 0 Å². The fourth-order valence-electron chi connectivity index (χ4n) is 2.84. The molecule has 3 aromatic rings. The van der Waals surface area contributed by atoms with Gasteiger partial charge in [0.05, 0.1) is 10.5 Å². The number of non-ortho nitro benzene ring substituents is 1. The first kappa shape index (κ1) is 17.2. The first-order valence-corrected chi connectivity index (χ1v) is 7.70. The van der Waals surface area contributed by atoms with Crippen LogP contribution in [0.15, 0.2) is 48.5 Å². The second kappa shape index (κ2) is 6.67. The Bertz CT molecular complexity index is 1020. The number of rotatable bonds is 6. The van der Waals surface area contributed by atoms with Crippen molar-refractivity contribution >= 4 is 28.5 Å².